The molecule has 0 saturated heterocycles. The van der Waals surface area contributed by atoms with Gasteiger partial charge in [-0.05, 0) is 36.4 Å². The number of halogens is 2. The summed E-state index contributed by atoms with van der Waals surface area (Å²) >= 11 is 0. The molecule has 0 aliphatic rings. The molecule has 0 aliphatic heterocycles. The minimum absolute atomic E-state index is 0.0538. The number of hydrogen-bond donors (Lipinski definition) is 2. The summed E-state index contributed by atoms with van der Waals surface area (Å²) in [4.78, 5) is 28.2. The minimum Gasteiger partial charge on any atom is -0.465 e. The number of carbonyl (C=O) groups is 2. The lowest BCUT2D eigenvalue weighted by Gasteiger charge is -2.10. The quantitative estimate of drug-likeness (QED) is 0.647. The van der Waals surface area contributed by atoms with Crippen LogP contribution in [0.1, 0.15) is 20.7 Å². The molecule has 0 aliphatic carbocycles. The van der Waals surface area contributed by atoms with Crippen molar-refractivity contribution in [3.05, 3.63) is 83.6 Å². The molecule has 0 bridgehead atoms. The summed E-state index contributed by atoms with van der Waals surface area (Å²) in [6.07, 6.45) is 1.29. The summed E-state index contributed by atoms with van der Waals surface area (Å²) in [6.45, 7) is 0. The van der Waals surface area contributed by atoms with E-state index in [4.69, 9.17) is 0 Å². The summed E-state index contributed by atoms with van der Waals surface area (Å²) in [6, 6.07) is 12.5. The number of para-hydroxylation sites is 1. The Morgan fingerprint density at radius 1 is 1.00 bits per heavy atom. The standard InChI is InChI=1S/C20H15F2N3O3/c1-28-20(27)14-4-2-3-5-16(14)25-19(26)12-6-9-18(23-11-12)24-17-8-7-13(21)10-15(17)22/h2-11H,1H3,(H,23,24)(H,25,26). The maximum atomic E-state index is 13.7. The van der Waals surface area contributed by atoms with Crippen molar-refractivity contribution in [1.82, 2.24) is 4.98 Å². The Morgan fingerprint density at radius 3 is 2.46 bits per heavy atom. The number of amides is 1. The van der Waals surface area contributed by atoms with Crippen LogP contribution in [0, 0.1) is 11.6 Å². The molecule has 0 unspecified atom stereocenters. The van der Waals surface area contributed by atoms with Crippen LogP contribution < -0.4 is 10.6 Å². The van der Waals surface area contributed by atoms with E-state index < -0.39 is 23.5 Å². The molecule has 6 nitrogen and oxygen atoms in total. The van der Waals surface area contributed by atoms with Gasteiger partial charge in [0.15, 0.2) is 0 Å². The topological polar surface area (TPSA) is 80.3 Å². The van der Waals surface area contributed by atoms with Crippen LogP contribution in [0.25, 0.3) is 0 Å². The molecule has 28 heavy (non-hydrogen) atoms. The summed E-state index contributed by atoms with van der Waals surface area (Å²) < 4.78 is 31.3. The number of aromatic nitrogens is 1. The number of benzene rings is 2. The van der Waals surface area contributed by atoms with E-state index in [1.54, 1.807) is 18.2 Å². The van der Waals surface area contributed by atoms with Gasteiger partial charge in [0.1, 0.15) is 17.5 Å². The van der Waals surface area contributed by atoms with Crippen molar-refractivity contribution in [2.24, 2.45) is 0 Å². The Balaban J connectivity index is 1.73. The Labute approximate surface area is 159 Å². The summed E-state index contributed by atoms with van der Waals surface area (Å²) in [5.41, 5.74) is 0.800. The van der Waals surface area contributed by atoms with Crippen molar-refractivity contribution in [3.8, 4) is 0 Å². The molecule has 0 radical (unpaired) electrons. The number of carbonyl (C=O) groups excluding carboxylic acids is 2. The highest BCUT2D eigenvalue weighted by molar-refractivity contribution is 6.07. The molecule has 0 atom stereocenters. The third-order valence-corrected chi connectivity index (χ3v) is 3.80. The first-order valence-electron chi connectivity index (χ1n) is 8.15. The summed E-state index contributed by atoms with van der Waals surface area (Å²) in [5, 5.41) is 5.33. The molecule has 142 valence electrons. The molecule has 2 N–H and O–H groups in total. The number of nitrogens with one attached hydrogen (secondary N) is 2. The van der Waals surface area contributed by atoms with E-state index >= 15 is 0 Å². The number of hydrogen-bond acceptors (Lipinski definition) is 5. The van der Waals surface area contributed by atoms with Crippen molar-refractivity contribution in [1.29, 1.82) is 0 Å². The van der Waals surface area contributed by atoms with Crippen molar-refractivity contribution >= 4 is 29.1 Å². The largest absolute Gasteiger partial charge is 0.465 e. The first kappa shape index (κ1) is 19.0. The van der Waals surface area contributed by atoms with Crippen LogP contribution in [-0.2, 0) is 4.74 Å². The fourth-order valence-corrected chi connectivity index (χ4v) is 2.41. The Morgan fingerprint density at radius 2 is 1.79 bits per heavy atom. The van der Waals surface area contributed by atoms with Crippen LogP contribution in [0.4, 0.5) is 26.0 Å². The molecule has 3 rings (SSSR count). The van der Waals surface area contributed by atoms with Crippen LogP contribution in [0.5, 0.6) is 0 Å². The number of rotatable bonds is 5. The highest BCUT2D eigenvalue weighted by Crippen LogP contribution is 2.20. The van der Waals surface area contributed by atoms with Crippen LogP contribution in [0.2, 0.25) is 0 Å². The van der Waals surface area contributed by atoms with Crippen molar-refractivity contribution in [2.45, 2.75) is 0 Å². The van der Waals surface area contributed by atoms with E-state index in [-0.39, 0.29) is 22.6 Å². The highest BCUT2D eigenvalue weighted by Gasteiger charge is 2.14. The first-order chi connectivity index (χ1) is 13.5. The second-order valence-corrected chi connectivity index (χ2v) is 5.67. The summed E-state index contributed by atoms with van der Waals surface area (Å²) in [5.74, 6) is -2.23. The Kier molecular flexibility index (Phi) is 5.59. The van der Waals surface area contributed by atoms with E-state index in [1.807, 2.05) is 0 Å². The Bertz CT molecular complexity index is 1020. The lowest BCUT2D eigenvalue weighted by molar-refractivity contribution is 0.0602. The zero-order valence-corrected chi connectivity index (χ0v) is 14.7. The molecule has 0 fully saturated rings. The normalized spacial score (nSPS) is 10.2. The van der Waals surface area contributed by atoms with Gasteiger partial charge >= 0.3 is 5.97 Å². The number of nitrogens with zero attached hydrogens (tertiary/aromatic N) is 1. The average Bonchev–Trinajstić information content (AvgIpc) is 2.70. The third-order valence-electron chi connectivity index (χ3n) is 3.80. The lowest BCUT2D eigenvalue weighted by Crippen LogP contribution is -2.15. The van der Waals surface area contributed by atoms with Crippen LogP contribution in [0.15, 0.2) is 60.8 Å². The van der Waals surface area contributed by atoms with E-state index in [0.29, 0.717) is 5.69 Å². The second kappa shape index (κ2) is 8.26. The van der Waals surface area contributed by atoms with E-state index in [9.17, 15) is 18.4 Å². The maximum absolute atomic E-state index is 13.7. The first-order valence-corrected chi connectivity index (χ1v) is 8.15. The van der Waals surface area contributed by atoms with Crippen LogP contribution in [-0.4, -0.2) is 24.0 Å². The number of pyridine rings is 1. The smallest absolute Gasteiger partial charge is 0.339 e. The number of anilines is 3. The predicted molar refractivity (Wildman–Crippen MR) is 99.6 cm³/mol. The van der Waals surface area contributed by atoms with Crippen LogP contribution in [0.3, 0.4) is 0 Å². The van der Waals surface area contributed by atoms with Gasteiger partial charge in [-0.3, -0.25) is 4.79 Å². The van der Waals surface area contributed by atoms with Gasteiger partial charge in [-0.2, -0.15) is 0 Å². The number of methoxy groups -OCH3 is 1. The fraction of sp³-hybridized carbons (Fsp3) is 0.0500. The molecule has 1 aromatic heterocycles. The van der Waals surface area contributed by atoms with Gasteiger partial charge in [0.05, 0.1) is 29.6 Å². The average molecular weight is 383 g/mol. The van der Waals surface area contributed by atoms with Gasteiger partial charge < -0.3 is 15.4 Å². The van der Waals surface area contributed by atoms with Gasteiger partial charge in [0.2, 0.25) is 0 Å². The molecule has 2 aromatic carbocycles. The van der Waals surface area contributed by atoms with Gasteiger partial charge in [0, 0.05) is 12.3 Å². The molecule has 1 heterocycles. The van der Waals surface area contributed by atoms with E-state index in [1.165, 1.54) is 37.6 Å². The van der Waals surface area contributed by atoms with Gasteiger partial charge in [0.25, 0.3) is 5.91 Å². The lowest BCUT2D eigenvalue weighted by atomic mass is 10.1. The summed E-state index contributed by atoms with van der Waals surface area (Å²) in [7, 11) is 1.25. The SMILES string of the molecule is COC(=O)c1ccccc1NC(=O)c1ccc(Nc2ccc(F)cc2F)nc1. The van der Waals surface area contributed by atoms with Gasteiger partial charge in [-0.15, -0.1) is 0 Å². The molecule has 0 spiro atoms. The zero-order valence-electron chi connectivity index (χ0n) is 14.7. The van der Waals surface area contributed by atoms with Crippen molar-refractivity contribution in [3.63, 3.8) is 0 Å². The molecule has 0 saturated carbocycles. The predicted octanol–water partition coefficient (Wildman–Crippen LogP) is 4.14. The van der Waals surface area contributed by atoms with E-state index in [0.717, 1.165) is 12.1 Å². The van der Waals surface area contributed by atoms with Crippen molar-refractivity contribution < 1.29 is 23.1 Å². The molecule has 8 heteroatoms. The highest BCUT2D eigenvalue weighted by atomic mass is 19.1. The van der Waals surface area contributed by atoms with Crippen LogP contribution >= 0.6 is 0 Å². The Hall–Kier alpha value is -3.81. The number of esters is 1. The molecular formula is C20H15F2N3O3. The van der Waals surface area contributed by atoms with Gasteiger partial charge in [-0.25, -0.2) is 18.6 Å². The molecule has 3 aromatic rings. The van der Waals surface area contributed by atoms with E-state index in [2.05, 4.69) is 20.4 Å². The van der Waals surface area contributed by atoms with Crippen molar-refractivity contribution in [2.75, 3.05) is 17.7 Å². The maximum Gasteiger partial charge on any atom is 0.339 e. The fourth-order valence-electron chi connectivity index (χ4n) is 2.41. The number of ether oxygens (including phenoxy) is 1. The van der Waals surface area contributed by atoms with Gasteiger partial charge in [-0.1, -0.05) is 12.1 Å². The second-order valence-electron chi connectivity index (χ2n) is 5.67. The monoisotopic (exact) mass is 383 g/mol. The third kappa shape index (κ3) is 4.29. The minimum atomic E-state index is -0.761. The zero-order chi connectivity index (χ0) is 20.1. The molecular weight excluding hydrogens is 368 g/mol. The molecule has 1 amide bonds.